The van der Waals surface area contributed by atoms with Gasteiger partial charge in [-0.3, -0.25) is 4.79 Å². The molecule has 2 nitrogen and oxygen atoms in total. The molecule has 0 spiro atoms. The summed E-state index contributed by atoms with van der Waals surface area (Å²) < 4.78 is 5.19. The summed E-state index contributed by atoms with van der Waals surface area (Å²) in [6, 6.07) is 19.8. The minimum Gasteiger partial charge on any atom is -0.497 e. The highest BCUT2D eigenvalue weighted by Gasteiger charge is 2.04. The summed E-state index contributed by atoms with van der Waals surface area (Å²) in [5.41, 5.74) is 1.85. The van der Waals surface area contributed by atoms with Crippen LogP contribution >= 0.6 is 23.1 Å². The maximum absolute atomic E-state index is 12.3. The molecule has 0 bridgehead atoms. The third-order valence-electron chi connectivity index (χ3n) is 3.77. The molecule has 0 aliphatic heterocycles. The van der Waals surface area contributed by atoms with Gasteiger partial charge in [-0.1, -0.05) is 0 Å². The van der Waals surface area contributed by atoms with Crippen LogP contribution in [-0.2, 0) is 0 Å². The fourth-order valence-electron chi connectivity index (χ4n) is 2.36. The van der Waals surface area contributed by atoms with Gasteiger partial charge in [0.2, 0.25) is 0 Å². The fraction of sp³-hybridized carbons (Fsp3) is 0.0952. The summed E-state index contributed by atoms with van der Waals surface area (Å²) in [4.78, 5) is 15.6. The molecule has 126 valence electrons. The Balaban J connectivity index is 1.71. The minimum absolute atomic E-state index is 0.0204. The van der Waals surface area contributed by atoms with Gasteiger partial charge in [-0.15, -0.1) is 23.1 Å². The molecule has 0 fully saturated rings. The van der Waals surface area contributed by atoms with Crippen LogP contribution in [0.2, 0.25) is 0 Å². The first-order valence-corrected chi connectivity index (χ1v) is 9.84. The largest absolute Gasteiger partial charge is 0.497 e. The smallest absolute Gasteiger partial charge is 0.185 e. The Bertz CT molecular complexity index is 875. The molecule has 0 N–H and O–H groups in total. The highest BCUT2D eigenvalue weighted by molar-refractivity contribution is 7.98. The first-order valence-electron chi connectivity index (χ1n) is 7.80. The molecule has 0 unspecified atom stereocenters. The Kier molecular flexibility index (Phi) is 5.74. The SMILES string of the molecule is COc1ccc(-c2ccc(/C=C/C(=O)c3ccc(SC)cc3)s2)cc1. The number of methoxy groups -OCH3 is 1. The molecule has 25 heavy (non-hydrogen) atoms. The standard InChI is InChI=1S/C21H18O2S2/c1-23-17-7-3-16(4-8-17)21-14-12-19(25-21)11-13-20(22)15-5-9-18(24-2)10-6-15/h3-14H,1-2H3/b13-11+. The van der Waals surface area contributed by atoms with Gasteiger partial charge in [-0.25, -0.2) is 0 Å². The van der Waals surface area contributed by atoms with Crippen molar-refractivity contribution < 1.29 is 9.53 Å². The summed E-state index contributed by atoms with van der Waals surface area (Å²) >= 11 is 3.33. The lowest BCUT2D eigenvalue weighted by atomic mass is 10.1. The van der Waals surface area contributed by atoms with Crippen LogP contribution in [0.15, 0.2) is 71.6 Å². The second-order valence-electron chi connectivity index (χ2n) is 5.36. The maximum Gasteiger partial charge on any atom is 0.185 e. The molecule has 0 aliphatic carbocycles. The third kappa shape index (κ3) is 4.41. The summed E-state index contributed by atoms with van der Waals surface area (Å²) in [6.45, 7) is 0. The molecule has 0 saturated carbocycles. The Morgan fingerprint density at radius 1 is 1.00 bits per heavy atom. The fourth-order valence-corrected chi connectivity index (χ4v) is 3.69. The molecule has 0 atom stereocenters. The lowest BCUT2D eigenvalue weighted by Crippen LogP contribution is -1.93. The molecule has 1 heterocycles. The number of ether oxygens (including phenoxy) is 1. The van der Waals surface area contributed by atoms with E-state index in [1.165, 1.54) is 4.88 Å². The zero-order valence-corrected chi connectivity index (χ0v) is 15.7. The lowest BCUT2D eigenvalue weighted by molar-refractivity contribution is 0.104. The van der Waals surface area contributed by atoms with Gasteiger partial charge in [-0.2, -0.15) is 0 Å². The van der Waals surface area contributed by atoms with Crippen molar-refractivity contribution in [3.8, 4) is 16.2 Å². The predicted molar refractivity (Wildman–Crippen MR) is 108 cm³/mol. The zero-order chi connectivity index (χ0) is 17.6. The van der Waals surface area contributed by atoms with E-state index in [1.54, 1.807) is 36.3 Å². The second kappa shape index (κ2) is 8.19. The second-order valence-corrected chi connectivity index (χ2v) is 7.35. The van der Waals surface area contributed by atoms with Crippen molar-refractivity contribution in [1.29, 1.82) is 0 Å². The average Bonchev–Trinajstić information content (AvgIpc) is 3.15. The summed E-state index contributed by atoms with van der Waals surface area (Å²) in [5, 5.41) is 0. The Morgan fingerprint density at radius 2 is 1.72 bits per heavy atom. The van der Waals surface area contributed by atoms with E-state index in [-0.39, 0.29) is 5.78 Å². The first-order chi connectivity index (χ1) is 12.2. The topological polar surface area (TPSA) is 26.3 Å². The lowest BCUT2D eigenvalue weighted by Gasteiger charge is -2.00. The highest BCUT2D eigenvalue weighted by Crippen LogP contribution is 2.30. The van der Waals surface area contributed by atoms with Crippen LogP contribution < -0.4 is 4.74 Å². The molecule has 3 rings (SSSR count). The summed E-state index contributed by atoms with van der Waals surface area (Å²) in [6.07, 6.45) is 5.54. The van der Waals surface area contributed by atoms with Crippen molar-refractivity contribution in [3.63, 3.8) is 0 Å². The van der Waals surface area contributed by atoms with E-state index < -0.39 is 0 Å². The number of allylic oxidation sites excluding steroid dienone is 1. The Morgan fingerprint density at radius 3 is 2.36 bits per heavy atom. The van der Waals surface area contributed by atoms with Crippen LogP contribution in [0.5, 0.6) is 5.75 Å². The van der Waals surface area contributed by atoms with Crippen LogP contribution in [0, 0.1) is 0 Å². The van der Waals surface area contributed by atoms with E-state index in [0.29, 0.717) is 5.56 Å². The molecule has 0 radical (unpaired) electrons. The van der Waals surface area contributed by atoms with Gasteiger partial charge in [-0.05, 0) is 84.6 Å². The van der Waals surface area contributed by atoms with Crippen LogP contribution in [0.1, 0.15) is 15.2 Å². The number of benzene rings is 2. The monoisotopic (exact) mass is 366 g/mol. The van der Waals surface area contributed by atoms with Crippen LogP contribution in [0.4, 0.5) is 0 Å². The molecule has 1 aromatic heterocycles. The van der Waals surface area contributed by atoms with Gasteiger partial charge in [0.15, 0.2) is 5.78 Å². The number of thioether (sulfide) groups is 1. The van der Waals surface area contributed by atoms with E-state index in [2.05, 4.69) is 6.07 Å². The molecule has 2 aromatic carbocycles. The quantitative estimate of drug-likeness (QED) is 0.302. The van der Waals surface area contributed by atoms with Crippen molar-refractivity contribution in [2.45, 2.75) is 4.90 Å². The predicted octanol–water partition coefficient (Wildman–Crippen LogP) is 6.04. The number of rotatable bonds is 6. The molecular weight excluding hydrogens is 348 g/mol. The van der Waals surface area contributed by atoms with Gasteiger partial charge in [0, 0.05) is 20.2 Å². The molecule has 0 saturated heterocycles. The van der Waals surface area contributed by atoms with E-state index in [9.17, 15) is 4.79 Å². The number of thiophene rings is 1. The Hall–Kier alpha value is -2.30. The zero-order valence-electron chi connectivity index (χ0n) is 14.1. The van der Waals surface area contributed by atoms with Crippen molar-refractivity contribution in [1.82, 2.24) is 0 Å². The summed E-state index contributed by atoms with van der Waals surface area (Å²) in [5.74, 6) is 0.866. The van der Waals surface area contributed by atoms with E-state index >= 15 is 0 Å². The molecule has 4 heteroatoms. The number of ketones is 1. The van der Waals surface area contributed by atoms with Crippen LogP contribution in [0.25, 0.3) is 16.5 Å². The highest BCUT2D eigenvalue weighted by atomic mass is 32.2. The van der Waals surface area contributed by atoms with Crippen LogP contribution in [-0.4, -0.2) is 19.1 Å². The van der Waals surface area contributed by atoms with E-state index in [4.69, 9.17) is 4.74 Å². The van der Waals surface area contributed by atoms with E-state index in [0.717, 1.165) is 21.1 Å². The Labute approximate surface area is 156 Å². The first kappa shape index (κ1) is 17.5. The van der Waals surface area contributed by atoms with Gasteiger partial charge in [0.05, 0.1) is 7.11 Å². The number of carbonyl (C=O) groups is 1. The van der Waals surface area contributed by atoms with Gasteiger partial charge in [0.25, 0.3) is 0 Å². The van der Waals surface area contributed by atoms with Crippen molar-refractivity contribution in [2.24, 2.45) is 0 Å². The number of hydrogen-bond donors (Lipinski definition) is 0. The maximum atomic E-state index is 12.3. The molecular formula is C21H18O2S2. The average molecular weight is 367 g/mol. The van der Waals surface area contributed by atoms with Crippen molar-refractivity contribution >= 4 is 35.0 Å². The minimum atomic E-state index is 0.0204. The summed E-state index contributed by atoms with van der Waals surface area (Å²) in [7, 11) is 1.66. The van der Waals surface area contributed by atoms with Gasteiger partial charge in [0.1, 0.15) is 5.75 Å². The molecule has 3 aromatic rings. The number of carbonyl (C=O) groups excluding carboxylic acids is 1. The molecule has 0 aliphatic rings. The molecule has 0 amide bonds. The normalized spacial score (nSPS) is 11.0. The van der Waals surface area contributed by atoms with Crippen LogP contribution in [0.3, 0.4) is 0 Å². The van der Waals surface area contributed by atoms with Crippen molar-refractivity contribution in [3.05, 3.63) is 77.2 Å². The van der Waals surface area contributed by atoms with E-state index in [1.807, 2.05) is 66.9 Å². The third-order valence-corrected chi connectivity index (χ3v) is 5.62. The number of hydrogen-bond acceptors (Lipinski definition) is 4. The van der Waals surface area contributed by atoms with Gasteiger partial charge >= 0.3 is 0 Å². The van der Waals surface area contributed by atoms with Crippen molar-refractivity contribution in [2.75, 3.05) is 13.4 Å². The van der Waals surface area contributed by atoms with Gasteiger partial charge < -0.3 is 4.74 Å².